The fourth-order valence-electron chi connectivity index (χ4n) is 3.38. The van der Waals surface area contributed by atoms with E-state index in [1.807, 2.05) is 54.6 Å². The van der Waals surface area contributed by atoms with Gasteiger partial charge in [-0.25, -0.2) is 4.79 Å². The number of phenols is 1. The minimum absolute atomic E-state index is 0.204. The molecule has 6 heteroatoms. The number of hydrogen-bond acceptors (Lipinski definition) is 4. The molecule has 0 radical (unpaired) electrons. The standard InChI is InChI=1S/C26H30N2O4/c1-26(2,3)32-25(31)28-23(17-19-8-11-20-6-4-5-7-21(20)16-19)24(30)27-15-14-18-9-12-22(29)13-10-18/h4-13,16,23,29H,14-15,17H2,1-3H3,(H,27,30)(H,28,31)/t23-/m0/s1. The number of fused-ring (bicyclic) bond motifs is 1. The molecule has 3 rings (SSSR count). The van der Waals surface area contributed by atoms with Crippen LogP contribution in [-0.4, -0.2) is 35.3 Å². The lowest BCUT2D eigenvalue weighted by Crippen LogP contribution is -2.49. The van der Waals surface area contributed by atoms with Crippen LogP contribution in [0.5, 0.6) is 5.75 Å². The molecule has 32 heavy (non-hydrogen) atoms. The fourth-order valence-corrected chi connectivity index (χ4v) is 3.38. The highest BCUT2D eigenvalue weighted by molar-refractivity contribution is 5.87. The molecule has 0 fully saturated rings. The van der Waals surface area contributed by atoms with E-state index in [1.54, 1.807) is 32.9 Å². The van der Waals surface area contributed by atoms with Crippen molar-refractivity contribution in [2.24, 2.45) is 0 Å². The van der Waals surface area contributed by atoms with Gasteiger partial charge in [0, 0.05) is 13.0 Å². The lowest BCUT2D eigenvalue weighted by atomic mass is 10.0. The van der Waals surface area contributed by atoms with E-state index in [9.17, 15) is 14.7 Å². The summed E-state index contributed by atoms with van der Waals surface area (Å²) in [6.45, 7) is 5.75. The lowest BCUT2D eigenvalue weighted by molar-refractivity contribution is -0.123. The quantitative estimate of drug-likeness (QED) is 0.516. The highest BCUT2D eigenvalue weighted by atomic mass is 16.6. The van der Waals surface area contributed by atoms with Crippen LogP contribution in [0.1, 0.15) is 31.9 Å². The van der Waals surface area contributed by atoms with Crippen molar-refractivity contribution in [1.29, 1.82) is 0 Å². The van der Waals surface area contributed by atoms with Gasteiger partial charge >= 0.3 is 6.09 Å². The Morgan fingerprint density at radius 2 is 1.59 bits per heavy atom. The molecule has 0 aliphatic rings. The van der Waals surface area contributed by atoms with E-state index < -0.39 is 17.7 Å². The number of phenolic OH excluding ortho intramolecular Hbond substituents is 1. The van der Waals surface area contributed by atoms with Crippen LogP contribution in [-0.2, 0) is 22.4 Å². The average Bonchev–Trinajstić information content (AvgIpc) is 2.73. The summed E-state index contributed by atoms with van der Waals surface area (Å²) in [5.74, 6) is -0.0717. The highest BCUT2D eigenvalue weighted by Crippen LogP contribution is 2.17. The number of benzene rings is 3. The summed E-state index contributed by atoms with van der Waals surface area (Å²) in [7, 11) is 0. The first-order valence-electron chi connectivity index (χ1n) is 10.7. The van der Waals surface area contributed by atoms with Gasteiger partial charge in [-0.15, -0.1) is 0 Å². The normalized spacial score (nSPS) is 12.2. The summed E-state index contributed by atoms with van der Waals surface area (Å²) in [6.07, 6.45) is 0.327. The van der Waals surface area contributed by atoms with Crippen molar-refractivity contribution in [3.05, 3.63) is 77.9 Å². The molecule has 168 valence electrons. The number of aromatic hydroxyl groups is 1. The molecule has 0 saturated carbocycles. The third kappa shape index (κ3) is 7.01. The van der Waals surface area contributed by atoms with E-state index in [0.717, 1.165) is 21.9 Å². The van der Waals surface area contributed by atoms with E-state index in [2.05, 4.69) is 10.6 Å². The number of hydrogen-bond donors (Lipinski definition) is 3. The van der Waals surface area contributed by atoms with E-state index in [4.69, 9.17) is 4.74 Å². The second-order valence-corrected chi connectivity index (χ2v) is 8.79. The molecule has 0 bridgehead atoms. The van der Waals surface area contributed by atoms with Crippen molar-refractivity contribution >= 4 is 22.8 Å². The summed E-state index contributed by atoms with van der Waals surface area (Å²) in [5, 5.41) is 17.2. The van der Waals surface area contributed by atoms with Gasteiger partial charge in [-0.05, 0) is 61.2 Å². The zero-order valence-electron chi connectivity index (χ0n) is 18.7. The molecular formula is C26H30N2O4. The van der Waals surface area contributed by atoms with Crippen molar-refractivity contribution in [3.63, 3.8) is 0 Å². The molecule has 0 aliphatic carbocycles. The molecule has 0 aliphatic heterocycles. The van der Waals surface area contributed by atoms with Crippen molar-refractivity contribution in [1.82, 2.24) is 10.6 Å². The van der Waals surface area contributed by atoms with Crippen LogP contribution >= 0.6 is 0 Å². The third-order valence-electron chi connectivity index (χ3n) is 4.91. The van der Waals surface area contributed by atoms with Crippen LogP contribution < -0.4 is 10.6 Å². The smallest absolute Gasteiger partial charge is 0.408 e. The van der Waals surface area contributed by atoms with E-state index in [0.29, 0.717) is 19.4 Å². The molecule has 0 saturated heterocycles. The van der Waals surface area contributed by atoms with Crippen LogP contribution in [0.4, 0.5) is 4.79 Å². The predicted molar refractivity (Wildman–Crippen MR) is 126 cm³/mol. The zero-order valence-corrected chi connectivity index (χ0v) is 18.7. The average molecular weight is 435 g/mol. The van der Waals surface area contributed by atoms with Gasteiger partial charge in [0.05, 0.1) is 0 Å². The maximum absolute atomic E-state index is 12.9. The van der Waals surface area contributed by atoms with Gasteiger partial charge in [0.1, 0.15) is 17.4 Å². The minimum atomic E-state index is -0.772. The topological polar surface area (TPSA) is 87.7 Å². The number of amides is 2. The number of rotatable bonds is 7. The Hall–Kier alpha value is -3.54. The Balaban J connectivity index is 1.68. The maximum atomic E-state index is 12.9. The summed E-state index contributed by atoms with van der Waals surface area (Å²) >= 11 is 0. The Bertz CT molecular complexity index is 1070. The molecule has 2 amide bonds. The highest BCUT2D eigenvalue weighted by Gasteiger charge is 2.24. The summed E-state index contributed by atoms with van der Waals surface area (Å²) in [5.41, 5.74) is 1.28. The first kappa shape index (κ1) is 23.1. The van der Waals surface area contributed by atoms with E-state index in [1.165, 1.54) is 0 Å². The van der Waals surface area contributed by atoms with E-state index >= 15 is 0 Å². The molecule has 0 heterocycles. The molecule has 0 spiro atoms. The van der Waals surface area contributed by atoms with Crippen molar-refractivity contribution in [3.8, 4) is 5.75 Å². The van der Waals surface area contributed by atoms with Crippen molar-refractivity contribution in [2.75, 3.05) is 6.54 Å². The number of carbonyl (C=O) groups is 2. The van der Waals surface area contributed by atoms with Crippen LogP contribution in [0.25, 0.3) is 10.8 Å². The second-order valence-electron chi connectivity index (χ2n) is 8.79. The van der Waals surface area contributed by atoms with Gasteiger partial charge in [0.2, 0.25) is 5.91 Å². The summed E-state index contributed by atoms with van der Waals surface area (Å²) < 4.78 is 5.36. The van der Waals surface area contributed by atoms with Crippen LogP contribution in [0.2, 0.25) is 0 Å². The Kier molecular flexibility index (Phi) is 7.36. The monoisotopic (exact) mass is 434 g/mol. The van der Waals surface area contributed by atoms with Crippen LogP contribution in [0.3, 0.4) is 0 Å². The molecule has 0 aromatic heterocycles. The first-order valence-corrected chi connectivity index (χ1v) is 10.7. The number of carbonyl (C=O) groups excluding carboxylic acids is 2. The fraction of sp³-hybridized carbons (Fsp3) is 0.308. The Morgan fingerprint density at radius 1 is 0.938 bits per heavy atom. The van der Waals surface area contributed by atoms with Gasteiger partial charge in [0.25, 0.3) is 0 Å². The predicted octanol–water partition coefficient (Wildman–Crippen LogP) is 4.34. The SMILES string of the molecule is CC(C)(C)OC(=O)N[C@@H](Cc1ccc2ccccc2c1)C(=O)NCCc1ccc(O)cc1. The van der Waals surface area contributed by atoms with Gasteiger partial charge in [-0.1, -0.05) is 54.6 Å². The van der Waals surface area contributed by atoms with Crippen molar-refractivity contribution < 1.29 is 19.4 Å². The molecular weight excluding hydrogens is 404 g/mol. The molecule has 0 unspecified atom stereocenters. The molecule has 3 aromatic carbocycles. The summed E-state index contributed by atoms with van der Waals surface area (Å²) in [6, 6.07) is 20.1. The second kappa shape index (κ2) is 10.2. The van der Waals surface area contributed by atoms with Crippen LogP contribution in [0, 0.1) is 0 Å². The maximum Gasteiger partial charge on any atom is 0.408 e. The third-order valence-corrected chi connectivity index (χ3v) is 4.91. The first-order chi connectivity index (χ1) is 15.2. The molecule has 3 aromatic rings. The van der Waals surface area contributed by atoms with Gasteiger partial charge in [-0.2, -0.15) is 0 Å². The Labute approximate surface area is 188 Å². The molecule has 3 N–H and O–H groups in total. The van der Waals surface area contributed by atoms with Gasteiger partial charge in [0.15, 0.2) is 0 Å². The summed E-state index contributed by atoms with van der Waals surface area (Å²) in [4.78, 5) is 25.3. The zero-order chi connectivity index (χ0) is 23.1. The van der Waals surface area contributed by atoms with Crippen LogP contribution in [0.15, 0.2) is 66.7 Å². The lowest BCUT2D eigenvalue weighted by Gasteiger charge is -2.23. The molecule has 6 nitrogen and oxygen atoms in total. The van der Waals surface area contributed by atoms with E-state index in [-0.39, 0.29) is 11.7 Å². The van der Waals surface area contributed by atoms with Crippen molar-refractivity contribution in [2.45, 2.75) is 45.3 Å². The van der Waals surface area contributed by atoms with Gasteiger partial charge < -0.3 is 20.5 Å². The number of nitrogens with one attached hydrogen (secondary N) is 2. The minimum Gasteiger partial charge on any atom is -0.508 e. The molecule has 1 atom stereocenters. The number of ether oxygens (including phenoxy) is 1. The number of alkyl carbamates (subject to hydrolysis) is 1. The largest absolute Gasteiger partial charge is 0.508 e. The van der Waals surface area contributed by atoms with Gasteiger partial charge in [-0.3, -0.25) is 4.79 Å². The Morgan fingerprint density at radius 3 is 2.28 bits per heavy atom.